The van der Waals surface area contributed by atoms with Gasteiger partial charge in [-0.15, -0.1) is 0 Å². The van der Waals surface area contributed by atoms with Gasteiger partial charge in [0.25, 0.3) is 0 Å². The Morgan fingerprint density at radius 3 is 2.07 bits per heavy atom. The Bertz CT molecular complexity index is 241. The van der Waals surface area contributed by atoms with Crippen molar-refractivity contribution in [1.29, 1.82) is 0 Å². The number of methoxy groups -OCH3 is 1. The molecule has 0 saturated heterocycles. The molecule has 3 heteroatoms. The summed E-state index contributed by atoms with van der Waals surface area (Å²) >= 11 is 0. The van der Waals surface area contributed by atoms with E-state index in [0.717, 1.165) is 5.75 Å². The number of hydrogen-bond acceptors (Lipinski definition) is 3. The molecular weight excluding hydrogens is 224 g/mol. The first kappa shape index (κ1) is 14.5. The lowest BCUT2D eigenvalue weighted by Gasteiger charge is -1.93. The van der Waals surface area contributed by atoms with Gasteiger partial charge in [-0.3, -0.25) is 0 Å². The van der Waals surface area contributed by atoms with Gasteiger partial charge in [0, 0.05) is 5.75 Å². The molecule has 0 amide bonds. The highest BCUT2D eigenvalue weighted by molar-refractivity contribution is 8.78. The van der Waals surface area contributed by atoms with Crippen LogP contribution in [-0.2, 0) is 0 Å². The van der Waals surface area contributed by atoms with Gasteiger partial charge in [0.15, 0.2) is 0 Å². The molecule has 0 aliphatic carbocycles. The fourth-order valence-electron chi connectivity index (χ4n) is 0.753. The van der Waals surface area contributed by atoms with E-state index in [1.54, 1.807) is 7.11 Å². The summed E-state index contributed by atoms with van der Waals surface area (Å²) in [5, 5.41) is 2.12. The van der Waals surface area contributed by atoms with E-state index in [1.807, 2.05) is 65.8 Å². The van der Waals surface area contributed by atoms with Crippen LogP contribution in [0, 0.1) is 0 Å². The van der Waals surface area contributed by atoms with E-state index in [9.17, 15) is 0 Å². The zero-order valence-corrected chi connectivity index (χ0v) is 11.1. The van der Waals surface area contributed by atoms with Crippen molar-refractivity contribution in [1.82, 2.24) is 0 Å². The van der Waals surface area contributed by atoms with Crippen molar-refractivity contribution in [2.24, 2.45) is 0 Å². The number of hydrogen-bond donors (Lipinski definition) is 0. The molecule has 84 valence electrons. The largest absolute Gasteiger partial charge is 0.497 e. The Hall–Kier alpha value is -0.540. The summed E-state index contributed by atoms with van der Waals surface area (Å²) in [5.41, 5.74) is 0. The van der Waals surface area contributed by atoms with E-state index in [2.05, 4.69) is 11.5 Å². The molecule has 0 saturated carbocycles. The average Bonchev–Trinajstić information content (AvgIpc) is 2.92. The first-order chi connectivity index (χ1) is 7.43. The SMILES string of the molecule is C1=CSSC1.CC.COc1ccccc1. The van der Waals surface area contributed by atoms with E-state index >= 15 is 0 Å². The fraction of sp³-hybridized carbons (Fsp3) is 0.333. The van der Waals surface area contributed by atoms with Crippen molar-refractivity contribution in [3.8, 4) is 5.75 Å². The van der Waals surface area contributed by atoms with Crippen molar-refractivity contribution in [3.63, 3.8) is 0 Å². The summed E-state index contributed by atoms with van der Waals surface area (Å²) in [7, 11) is 5.35. The van der Waals surface area contributed by atoms with Gasteiger partial charge in [-0.1, -0.05) is 59.7 Å². The Labute approximate surface area is 101 Å². The molecule has 0 unspecified atom stereocenters. The quantitative estimate of drug-likeness (QED) is 0.665. The number of rotatable bonds is 1. The monoisotopic (exact) mass is 242 g/mol. The molecule has 0 bridgehead atoms. The minimum atomic E-state index is 0.910. The second kappa shape index (κ2) is 11.5. The lowest BCUT2D eigenvalue weighted by Crippen LogP contribution is -1.78. The maximum Gasteiger partial charge on any atom is 0.118 e. The van der Waals surface area contributed by atoms with Gasteiger partial charge in [0.2, 0.25) is 0 Å². The van der Waals surface area contributed by atoms with Crippen molar-refractivity contribution in [2.45, 2.75) is 13.8 Å². The highest BCUT2D eigenvalue weighted by atomic mass is 33.1. The zero-order chi connectivity index (χ0) is 11.4. The third-order valence-corrected chi connectivity index (χ3v) is 3.28. The molecule has 0 atom stereocenters. The highest BCUT2D eigenvalue weighted by Crippen LogP contribution is 2.27. The van der Waals surface area contributed by atoms with Crippen LogP contribution in [0.1, 0.15) is 13.8 Å². The van der Waals surface area contributed by atoms with E-state index in [4.69, 9.17) is 4.74 Å². The van der Waals surface area contributed by atoms with E-state index in [-0.39, 0.29) is 0 Å². The molecule has 1 nitrogen and oxygen atoms in total. The van der Waals surface area contributed by atoms with Crippen LogP contribution in [0.2, 0.25) is 0 Å². The van der Waals surface area contributed by atoms with Crippen LogP contribution in [0.25, 0.3) is 0 Å². The Balaban J connectivity index is 0.000000241. The fourth-order valence-corrected chi connectivity index (χ4v) is 2.32. The van der Waals surface area contributed by atoms with Crippen molar-refractivity contribution < 1.29 is 4.74 Å². The molecule has 1 aromatic rings. The Morgan fingerprint density at radius 1 is 1.13 bits per heavy atom. The first-order valence-electron chi connectivity index (χ1n) is 4.96. The van der Waals surface area contributed by atoms with Gasteiger partial charge >= 0.3 is 0 Å². The Morgan fingerprint density at radius 2 is 1.80 bits per heavy atom. The van der Waals surface area contributed by atoms with E-state index < -0.39 is 0 Å². The van der Waals surface area contributed by atoms with E-state index in [1.165, 1.54) is 5.75 Å². The number of ether oxygens (including phenoxy) is 1. The molecular formula is C12H18OS2. The molecule has 0 aromatic heterocycles. The van der Waals surface area contributed by atoms with Crippen LogP contribution in [0.3, 0.4) is 0 Å². The summed E-state index contributed by atoms with van der Waals surface area (Å²) in [6, 6.07) is 9.68. The second-order valence-electron chi connectivity index (χ2n) is 2.27. The minimum Gasteiger partial charge on any atom is -0.497 e. The van der Waals surface area contributed by atoms with Gasteiger partial charge in [-0.05, 0) is 17.5 Å². The lowest BCUT2D eigenvalue weighted by molar-refractivity contribution is 0.415. The summed E-state index contributed by atoms with van der Waals surface area (Å²) in [6.45, 7) is 4.00. The Kier molecular flexibility index (Phi) is 11.1. The third-order valence-electron chi connectivity index (χ3n) is 1.36. The standard InChI is InChI=1S/C7H8O.C3H4S2.C2H6/c1-8-7-5-3-2-4-6-7;1-2-4-5-3-1;1-2/h2-6H,1H3;1-2H,3H2;1-2H3. The summed E-state index contributed by atoms with van der Waals surface area (Å²) in [6.07, 6.45) is 2.16. The van der Waals surface area contributed by atoms with E-state index in [0.29, 0.717) is 0 Å². The average molecular weight is 242 g/mol. The molecule has 15 heavy (non-hydrogen) atoms. The first-order valence-corrected chi connectivity index (χ1v) is 7.34. The molecule has 0 spiro atoms. The van der Waals surface area contributed by atoms with Gasteiger partial charge in [-0.2, -0.15) is 0 Å². The number of benzene rings is 1. The van der Waals surface area contributed by atoms with Crippen LogP contribution >= 0.6 is 21.6 Å². The second-order valence-corrected chi connectivity index (χ2v) is 4.59. The molecule has 0 fully saturated rings. The predicted octanol–water partition coefficient (Wildman–Crippen LogP) is 4.62. The van der Waals surface area contributed by atoms with Crippen LogP contribution in [0.15, 0.2) is 41.8 Å². The summed E-state index contributed by atoms with van der Waals surface area (Å²) in [4.78, 5) is 0. The predicted molar refractivity (Wildman–Crippen MR) is 73.5 cm³/mol. The molecule has 1 aliphatic heterocycles. The van der Waals surface area contributed by atoms with Crippen LogP contribution in [0.4, 0.5) is 0 Å². The maximum absolute atomic E-state index is 4.91. The smallest absolute Gasteiger partial charge is 0.118 e. The van der Waals surface area contributed by atoms with Gasteiger partial charge in [0.1, 0.15) is 5.75 Å². The zero-order valence-electron chi connectivity index (χ0n) is 9.47. The minimum absolute atomic E-state index is 0.910. The van der Waals surface area contributed by atoms with Crippen molar-refractivity contribution in [3.05, 3.63) is 41.8 Å². The molecule has 1 heterocycles. The van der Waals surface area contributed by atoms with Crippen molar-refractivity contribution >= 4 is 21.6 Å². The van der Waals surface area contributed by atoms with Gasteiger partial charge in [-0.25, -0.2) is 0 Å². The van der Waals surface area contributed by atoms with Gasteiger partial charge < -0.3 is 4.74 Å². The molecule has 1 aromatic carbocycles. The molecule has 2 rings (SSSR count). The molecule has 0 N–H and O–H groups in total. The molecule has 0 radical (unpaired) electrons. The molecule has 1 aliphatic rings. The van der Waals surface area contributed by atoms with Gasteiger partial charge in [0.05, 0.1) is 7.11 Å². The summed E-state index contributed by atoms with van der Waals surface area (Å²) in [5.74, 6) is 2.11. The van der Waals surface area contributed by atoms with Crippen molar-refractivity contribution in [2.75, 3.05) is 12.9 Å². The summed E-state index contributed by atoms with van der Waals surface area (Å²) < 4.78 is 4.91. The lowest BCUT2D eigenvalue weighted by atomic mass is 10.3. The topological polar surface area (TPSA) is 9.23 Å². The van der Waals surface area contributed by atoms with Crippen LogP contribution in [0.5, 0.6) is 5.75 Å². The number of para-hydroxylation sites is 1. The third kappa shape index (κ3) is 8.45. The highest BCUT2D eigenvalue weighted by Gasteiger charge is 1.86. The normalized spacial score (nSPS) is 11.9. The maximum atomic E-state index is 4.91. The van der Waals surface area contributed by atoms with Crippen LogP contribution in [-0.4, -0.2) is 12.9 Å². The van der Waals surface area contributed by atoms with Crippen LogP contribution < -0.4 is 4.74 Å².